The summed E-state index contributed by atoms with van der Waals surface area (Å²) in [5, 5.41) is 11.6. The van der Waals surface area contributed by atoms with E-state index in [2.05, 4.69) is 15.5 Å². The molecule has 0 radical (unpaired) electrons. The minimum atomic E-state index is -0.394. The number of anilines is 1. The molecule has 0 fully saturated rings. The minimum Gasteiger partial charge on any atom is -0.466 e. The number of nitrogens with zero attached hydrogens (tertiary/aromatic N) is 3. The summed E-state index contributed by atoms with van der Waals surface area (Å²) >= 11 is 7.09. The highest BCUT2D eigenvalue weighted by Crippen LogP contribution is 2.23. The smallest absolute Gasteiger partial charge is 0.313 e. The van der Waals surface area contributed by atoms with Gasteiger partial charge < -0.3 is 14.6 Å². The van der Waals surface area contributed by atoms with Crippen molar-refractivity contribution in [3.63, 3.8) is 0 Å². The zero-order valence-electron chi connectivity index (χ0n) is 14.2. The van der Waals surface area contributed by atoms with Gasteiger partial charge in [0.1, 0.15) is 12.2 Å². The topological polar surface area (TPSA) is 86.1 Å². The molecule has 1 heterocycles. The number of hydrogen-bond acceptors (Lipinski definition) is 6. The summed E-state index contributed by atoms with van der Waals surface area (Å²) in [7, 11) is 1.75. The summed E-state index contributed by atoms with van der Waals surface area (Å²) in [6.07, 6.45) is 0.0449. The van der Waals surface area contributed by atoms with E-state index in [4.69, 9.17) is 16.3 Å². The molecule has 0 aliphatic carbocycles. The number of rotatable bonds is 7. The number of amides is 1. The molecule has 134 valence electrons. The van der Waals surface area contributed by atoms with Gasteiger partial charge in [-0.25, -0.2) is 0 Å². The molecule has 25 heavy (non-hydrogen) atoms. The van der Waals surface area contributed by atoms with E-state index in [-0.39, 0.29) is 18.3 Å². The number of nitrogens with one attached hydrogen (secondary N) is 1. The Bertz CT molecular complexity index is 748. The van der Waals surface area contributed by atoms with Crippen LogP contribution < -0.4 is 5.32 Å². The Morgan fingerprint density at radius 1 is 1.32 bits per heavy atom. The van der Waals surface area contributed by atoms with Crippen molar-refractivity contribution in [2.45, 2.75) is 30.7 Å². The van der Waals surface area contributed by atoms with Gasteiger partial charge in [0.2, 0.25) is 5.91 Å². The third-order valence-corrected chi connectivity index (χ3v) is 4.68. The van der Waals surface area contributed by atoms with E-state index in [1.165, 1.54) is 11.8 Å². The van der Waals surface area contributed by atoms with Gasteiger partial charge in [0.05, 0.1) is 11.9 Å². The van der Waals surface area contributed by atoms with Gasteiger partial charge in [0.25, 0.3) is 0 Å². The number of benzene rings is 1. The van der Waals surface area contributed by atoms with Crippen LogP contribution in [0.4, 0.5) is 5.69 Å². The van der Waals surface area contributed by atoms with Crippen LogP contribution in [0.3, 0.4) is 0 Å². The maximum atomic E-state index is 12.3. The van der Waals surface area contributed by atoms with E-state index in [9.17, 15) is 9.59 Å². The highest BCUT2D eigenvalue weighted by molar-refractivity contribution is 8.00. The molecule has 0 unspecified atom stereocenters. The lowest BCUT2D eigenvalue weighted by Gasteiger charge is -2.11. The summed E-state index contributed by atoms with van der Waals surface area (Å²) < 4.78 is 6.59. The van der Waals surface area contributed by atoms with Crippen molar-refractivity contribution in [2.75, 3.05) is 11.9 Å². The second-order valence-corrected chi connectivity index (χ2v) is 6.94. The van der Waals surface area contributed by atoms with Gasteiger partial charge in [-0.2, -0.15) is 0 Å². The molecule has 0 bridgehead atoms. The average Bonchev–Trinajstić information content (AvgIpc) is 2.90. The molecule has 0 aliphatic heterocycles. The Hall–Kier alpha value is -2.06. The predicted octanol–water partition coefficient (Wildman–Crippen LogP) is 2.69. The Morgan fingerprint density at radius 3 is 2.64 bits per heavy atom. The van der Waals surface area contributed by atoms with Crippen molar-refractivity contribution in [2.24, 2.45) is 7.05 Å². The first-order chi connectivity index (χ1) is 11.9. The van der Waals surface area contributed by atoms with Gasteiger partial charge in [-0.05, 0) is 38.1 Å². The van der Waals surface area contributed by atoms with Crippen molar-refractivity contribution >= 4 is 40.9 Å². The van der Waals surface area contributed by atoms with E-state index in [1.807, 2.05) is 0 Å². The molecule has 9 heteroatoms. The van der Waals surface area contributed by atoms with E-state index in [1.54, 1.807) is 49.7 Å². The largest absolute Gasteiger partial charge is 0.466 e. The third-order valence-electron chi connectivity index (χ3n) is 3.30. The molecule has 0 saturated carbocycles. The maximum Gasteiger partial charge on any atom is 0.313 e. The number of thioether (sulfide) groups is 1. The van der Waals surface area contributed by atoms with Gasteiger partial charge in [0.15, 0.2) is 5.16 Å². The Labute approximate surface area is 155 Å². The first-order valence-electron chi connectivity index (χ1n) is 7.67. The lowest BCUT2D eigenvalue weighted by Crippen LogP contribution is -2.22. The zero-order chi connectivity index (χ0) is 18.4. The van der Waals surface area contributed by atoms with Crippen LogP contribution in [0, 0.1) is 0 Å². The number of halogens is 1. The highest BCUT2D eigenvalue weighted by atomic mass is 35.5. The Morgan fingerprint density at radius 2 is 2.00 bits per heavy atom. The van der Waals surface area contributed by atoms with Crippen molar-refractivity contribution in [3.05, 3.63) is 35.1 Å². The van der Waals surface area contributed by atoms with Gasteiger partial charge in [-0.3, -0.25) is 9.59 Å². The van der Waals surface area contributed by atoms with Crippen LogP contribution >= 0.6 is 23.4 Å². The fraction of sp³-hybridized carbons (Fsp3) is 0.375. The normalized spacial score (nSPS) is 11.8. The van der Waals surface area contributed by atoms with Crippen LogP contribution in [0.2, 0.25) is 5.02 Å². The number of aromatic nitrogens is 3. The average molecular weight is 383 g/mol. The molecule has 1 N–H and O–H groups in total. The van der Waals surface area contributed by atoms with Crippen LogP contribution in [-0.2, 0) is 27.8 Å². The van der Waals surface area contributed by atoms with Crippen molar-refractivity contribution in [1.82, 2.24) is 14.8 Å². The summed E-state index contributed by atoms with van der Waals surface area (Å²) in [5.41, 5.74) is 0.669. The first kappa shape index (κ1) is 19.3. The van der Waals surface area contributed by atoms with Crippen molar-refractivity contribution < 1.29 is 14.3 Å². The maximum absolute atomic E-state index is 12.3. The highest BCUT2D eigenvalue weighted by Gasteiger charge is 2.20. The Balaban J connectivity index is 1.96. The summed E-state index contributed by atoms with van der Waals surface area (Å²) in [6.45, 7) is 3.84. The van der Waals surface area contributed by atoms with Crippen LogP contribution in [0.25, 0.3) is 0 Å². The third kappa shape index (κ3) is 5.47. The SMILES string of the molecule is CCOC(=O)Cc1nnc(S[C@@H](C)C(=O)Nc2ccc(Cl)cc2)n1C. The molecular formula is C16H19ClN4O3S. The van der Waals surface area contributed by atoms with Crippen LogP contribution in [-0.4, -0.2) is 38.5 Å². The Kier molecular flexibility index (Phi) is 6.83. The molecule has 1 amide bonds. The van der Waals surface area contributed by atoms with E-state index < -0.39 is 5.25 Å². The second-order valence-electron chi connectivity index (χ2n) is 5.20. The molecular weight excluding hydrogens is 364 g/mol. The molecule has 1 aromatic carbocycles. The number of carbonyl (C=O) groups excluding carboxylic acids is 2. The number of carbonyl (C=O) groups is 2. The standard InChI is InChI=1S/C16H19ClN4O3S/c1-4-24-14(22)9-13-19-20-16(21(13)3)25-10(2)15(23)18-12-7-5-11(17)6-8-12/h5-8,10H,4,9H2,1-3H3,(H,18,23)/t10-/m0/s1. The molecule has 1 aromatic heterocycles. The van der Waals surface area contributed by atoms with E-state index in [0.29, 0.717) is 28.3 Å². The van der Waals surface area contributed by atoms with Gasteiger partial charge in [-0.15, -0.1) is 10.2 Å². The molecule has 0 saturated heterocycles. The molecule has 0 aliphatic rings. The number of hydrogen-bond donors (Lipinski definition) is 1. The zero-order valence-corrected chi connectivity index (χ0v) is 15.7. The fourth-order valence-electron chi connectivity index (χ4n) is 1.93. The van der Waals surface area contributed by atoms with Gasteiger partial charge in [0, 0.05) is 17.8 Å². The summed E-state index contributed by atoms with van der Waals surface area (Å²) in [6, 6.07) is 6.88. The molecule has 7 nitrogen and oxygen atoms in total. The lowest BCUT2D eigenvalue weighted by atomic mass is 10.3. The van der Waals surface area contributed by atoms with Crippen LogP contribution in [0.1, 0.15) is 19.7 Å². The second kappa shape index (κ2) is 8.87. The molecule has 2 rings (SSSR count). The van der Waals surface area contributed by atoms with Crippen LogP contribution in [0.5, 0.6) is 0 Å². The molecule has 0 spiro atoms. The van der Waals surface area contributed by atoms with E-state index >= 15 is 0 Å². The van der Waals surface area contributed by atoms with Crippen molar-refractivity contribution in [1.29, 1.82) is 0 Å². The van der Waals surface area contributed by atoms with E-state index in [0.717, 1.165) is 0 Å². The molecule has 1 atom stereocenters. The fourth-order valence-corrected chi connectivity index (χ4v) is 2.89. The first-order valence-corrected chi connectivity index (χ1v) is 8.93. The number of esters is 1. The van der Waals surface area contributed by atoms with Gasteiger partial charge >= 0.3 is 5.97 Å². The van der Waals surface area contributed by atoms with Gasteiger partial charge in [-0.1, -0.05) is 23.4 Å². The monoisotopic (exact) mass is 382 g/mol. The number of ether oxygens (including phenoxy) is 1. The summed E-state index contributed by atoms with van der Waals surface area (Å²) in [4.78, 5) is 23.8. The quantitative estimate of drug-likeness (QED) is 0.585. The molecule has 2 aromatic rings. The summed E-state index contributed by atoms with van der Waals surface area (Å²) in [5.74, 6) is -0.0309. The van der Waals surface area contributed by atoms with Crippen LogP contribution in [0.15, 0.2) is 29.4 Å². The van der Waals surface area contributed by atoms with Crippen molar-refractivity contribution in [3.8, 4) is 0 Å². The lowest BCUT2D eigenvalue weighted by molar-refractivity contribution is -0.142. The minimum absolute atomic E-state index is 0.0449. The predicted molar refractivity (Wildman–Crippen MR) is 96.7 cm³/mol.